The van der Waals surface area contributed by atoms with Crippen LogP contribution in [0.5, 0.6) is 0 Å². The summed E-state index contributed by atoms with van der Waals surface area (Å²) in [7, 11) is 3.49. The van der Waals surface area contributed by atoms with Crippen molar-refractivity contribution in [1.82, 2.24) is 5.32 Å². The fraction of sp³-hybridized carbons (Fsp3) is 0.923. The third kappa shape index (κ3) is 9.37. The first-order valence-corrected chi connectivity index (χ1v) is 6.43. The molecule has 0 aliphatic carbocycles. The molecule has 18 heavy (non-hydrogen) atoms. The molecule has 5 nitrogen and oxygen atoms in total. The summed E-state index contributed by atoms with van der Waals surface area (Å²) in [5, 5.41) is 12.0. The predicted octanol–water partition coefficient (Wildman–Crippen LogP) is 1.34. The van der Waals surface area contributed by atoms with Crippen LogP contribution < -0.4 is 5.32 Å². The number of methoxy groups -OCH3 is 1. The summed E-state index contributed by atoms with van der Waals surface area (Å²) < 4.78 is 15.7. The van der Waals surface area contributed by atoms with Gasteiger partial charge in [0.15, 0.2) is 0 Å². The predicted molar refractivity (Wildman–Crippen MR) is 70.4 cm³/mol. The van der Waals surface area contributed by atoms with E-state index in [0.717, 1.165) is 25.9 Å². The molecule has 0 aromatic carbocycles. The molecule has 0 bridgehead atoms. The molecule has 0 aromatic heterocycles. The number of nitrogens with zero attached hydrogens (tertiary/aromatic N) is 1. The van der Waals surface area contributed by atoms with Crippen LogP contribution >= 0.6 is 0 Å². The average molecular weight is 258 g/mol. The van der Waals surface area contributed by atoms with Gasteiger partial charge in [-0.1, -0.05) is 0 Å². The van der Waals surface area contributed by atoms with Crippen LogP contribution in [0.4, 0.5) is 0 Å². The molecule has 1 atom stereocenters. The maximum absolute atomic E-state index is 8.95. The maximum Gasteiger partial charge on any atom is 0.103 e. The van der Waals surface area contributed by atoms with Crippen molar-refractivity contribution in [2.24, 2.45) is 0 Å². The van der Waals surface area contributed by atoms with E-state index < -0.39 is 5.54 Å². The van der Waals surface area contributed by atoms with Crippen LogP contribution in [0.25, 0.3) is 0 Å². The van der Waals surface area contributed by atoms with Gasteiger partial charge in [-0.2, -0.15) is 5.26 Å². The highest BCUT2D eigenvalue weighted by Gasteiger charge is 2.19. The molecule has 0 radical (unpaired) electrons. The van der Waals surface area contributed by atoms with E-state index in [2.05, 4.69) is 11.4 Å². The first-order valence-electron chi connectivity index (χ1n) is 6.43. The van der Waals surface area contributed by atoms with E-state index in [9.17, 15) is 0 Å². The van der Waals surface area contributed by atoms with Crippen molar-refractivity contribution in [3.05, 3.63) is 0 Å². The number of hydrogen-bond acceptors (Lipinski definition) is 5. The number of nitriles is 1. The standard InChI is InChI=1S/C13H26N2O3/c1-13(12-14,15-2)6-4-8-17-10-11-18-9-5-7-16-3/h15H,4-11H2,1-3H3. The van der Waals surface area contributed by atoms with Crippen LogP contribution in [0, 0.1) is 11.3 Å². The normalized spacial score (nSPS) is 14.1. The average Bonchev–Trinajstić information content (AvgIpc) is 2.40. The summed E-state index contributed by atoms with van der Waals surface area (Å²) in [5.41, 5.74) is -0.444. The Morgan fingerprint density at radius 3 is 2.17 bits per heavy atom. The highest BCUT2D eigenvalue weighted by atomic mass is 16.5. The lowest BCUT2D eigenvalue weighted by Gasteiger charge is -2.20. The van der Waals surface area contributed by atoms with Gasteiger partial charge in [0.2, 0.25) is 0 Å². The van der Waals surface area contributed by atoms with E-state index in [1.165, 1.54) is 0 Å². The monoisotopic (exact) mass is 258 g/mol. The molecule has 5 heteroatoms. The van der Waals surface area contributed by atoms with Gasteiger partial charge in [-0.3, -0.25) is 0 Å². The molecule has 0 amide bonds. The summed E-state index contributed by atoms with van der Waals surface area (Å²) >= 11 is 0. The molecule has 0 rings (SSSR count). The summed E-state index contributed by atoms with van der Waals surface area (Å²) in [6, 6.07) is 2.26. The lowest BCUT2D eigenvalue weighted by Crippen LogP contribution is -2.38. The Kier molecular flexibility index (Phi) is 11.0. The molecule has 0 aromatic rings. The van der Waals surface area contributed by atoms with E-state index in [1.54, 1.807) is 14.2 Å². The number of rotatable bonds is 12. The minimum atomic E-state index is -0.444. The Labute approximate surface area is 110 Å². The van der Waals surface area contributed by atoms with Crippen LogP contribution in [0.15, 0.2) is 0 Å². The minimum absolute atomic E-state index is 0.444. The highest BCUT2D eigenvalue weighted by Crippen LogP contribution is 2.09. The second kappa shape index (κ2) is 11.4. The third-order valence-electron chi connectivity index (χ3n) is 2.77. The van der Waals surface area contributed by atoms with E-state index in [0.29, 0.717) is 26.4 Å². The van der Waals surface area contributed by atoms with Crippen LogP contribution in [0.2, 0.25) is 0 Å². The minimum Gasteiger partial charge on any atom is -0.385 e. The second-order valence-electron chi connectivity index (χ2n) is 4.37. The summed E-state index contributed by atoms with van der Waals surface area (Å²) in [6.45, 7) is 5.23. The van der Waals surface area contributed by atoms with E-state index >= 15 is 0 Å². The van der Waals surface area contributed by atoms with E-state index in [4.69, 9.17) is 19.5 Å². The Morgan fingerprint density at radius 2 is 1.67 bits per heavy atom. The van der Waals surface area contributed by atoms with Crippen LogP contribution in [-0.2, 0) is 14.2 Å². The van der Waals surface area contributed by atoms with Gasteiger partial charge in [0.1, 0.15) is 5.54 Å². The number of ether oxygens (including phenoxy) is 3. The Morgan fingerprint density at radius 1 is 1.06 bits per heavy atom. The van der Waals surface area contributed by atoms with Crippen molar-refractivity contribution >= 4 is 0 Å². The van der Waals surface area contributed by atoms with Crippen LogP contribution in [0.3, 0.4) is 0 Å². The van der Waals surface area contributed by atoms with Gasteiger partial charge in [0, 0.05) is 26.9 Å². The van der Waals surface area contributed by atoms with E-state index in [-0.39, 0.29) is 0 Å². The van der Waals surface area contributed by atoms with Gasteiger partial charge < -0.3 is 19.5 Å². The zero-order chi connectivity index (χ0) is 13.7. The quantitative estimate of drug-likeness (QED) is 0.535. The van der Waals surface area contributed by atoms with Crippen molar-refractivity contribution in [3.63, 3.8) is 0 Å². The van der Waals surface area contributed by atoms with Crippen molar-refractivity contribution < 1.29 is 14.2 Å². The molecule has 0 saturated heterocycles. The molecular formula is C13H26N2O3. The number of nitrogens with one attached hydrogen (secondary N) is 1. The largest absolute Gasteiger partial charge is 0.385 e. The topological polar surface area (TPSA) is 63.5 Å². The molecule has 1 unspecified atom stereocenters. The summed E-state index contributed by atoms with van der Waals surface area (Å²) in [4.78, 5) is 0. The molecule has 0 saturated carbocycles. The molecule has 0 fully saturated rings. The van der Waals surface area contributed by atoms with Gasteiger partial charge in [-0.15, -0.1) is 0 Å². The first-order chi connectivity index (χ1) is 8.68. The fourth-order valence-electron chi connectivity index (χ4n) is 1.39. The SMILES string of the molecule is CNC(C)(C#N)CCCOCCOCCCOC. The summed E-state index contributed by atoms with van der Waals surface area (Å²) in [6.07, 6.45) is 2.57. The summed E-state index contributed by atoms with van der Waals surface area (Å²) in [5.74, 6) is 0. The zero-order valence-corrected chi connectivity index (χ0v) is 11.8. The lowest BCUT2D eigenvalue weighted by molar-refractivity contribution is 0.0379. The van der Waals surface area contributed by atoms with Crippen molar-refractivity contribution in [2.45, 2.75) is 31.7 Å². The first kappa shape index (κ1) is 17.3. The Hall–Kier alpha value is -0.670. The highest BCUT2D eigenvalue weighted by molar-refractivity contribution is 5.02. The molecule has 0 aliphatic heterocycles. The second-order valence-corrected chi connectivity index (χ2v) is 4.37. The van der Waals surface area contributed by atoms with Gasteiger partial charge in [-0.25, -0.2) is 0 Å². The van der Waals surface area contributed by atoms with Crippen LogP contribution in [-0.4, -0.2) is 52.7 Å². The molecule has 0 spiro atoms. The van der Waals surface area contributed by atoms with Gasteiger partial charge in [0.25, 0.3) is 0 Å². The number of hydrogen-bond donors (Lipinski definition) is 1. The van der Waals surface area contributed by atoms with Crippen molar-refractivity contribution in [1.29, 1.82) is 5.26 Å². The zero-order valence-electron chi connectivity index (χ0n) is 11.8. The lowest BCUT2D eigenvalue weighted by atomic mass is 9.98. The fourth-order valence-corrected chi connectivity index (χ4v) is 1.39. The van der Waals surface area contributed by atoms with Gasteiger partial charge in [0.05, 0.1) is 19.3 Å². The molecule has 1 N–H and O–H groups in total. The van der Waals surface area contributed by atoms with E-state index in [1.807, 2.05) is 6.92 Å². The molecule has 106 valence electrons. The Balaban J connectivity index is 3.24. The maximum atomic E-state index is 8.95. The van der Waals surface area contributed by atoms with Gasteiger partial charge >= 0.3 is 0 Å². The third-order valence-corrected chi connectivity index (χ3v) is 2.77. The molecule has 0 aliphatic rings. The Bertz CT molecular complexity index is 231. The van der Waals surface area contributed by atoms with Crippen molar-refractivity contribution in [2.75, 3.05) is 47.2 Å². The molecular weight excluding hydrogens is 232 g/mol. The van der Waals surface area contributed by atoms with Crippen molar-refractivity contribution in [3.8, 4) is 6.07 Å². The molecule has 0 heterocycles. The van der Waals surface area contributed by atoms with Crippen LogP contribution in [0.1, 0.15) is 26.2 Å². The van der Waals surface area contributed by atoms with Gasteiger partial charge in [-0.05, 0) is 33.2 Å². The smallest absolute Gasteiger partial charge is 0.103 e.